The molecule has 1 aliphatic rings. The van der Waals surface area contributed by atoms with Crippen molar-refractivity contribution in [3.63, 3.8) is 0 Å². The number of nitrogens with zero attached hydrogens (tertiary/aromatic N) is 3. The van der Waals surface area contributed by atoms with E-state index in [1.807, 2.05) is 6.92 Å². The maximum absolute atomic E-state index is 12.3. The normalized spacial score (nSPS) is 17.3. The summed E-state index contributed by atoms with van der Waals surface area (Å²) >= 11 is 3.35. The number of hydrogen-bond acceptors (Lipinski definition) is 4. The van der Waals surface area contributed by atoms with E-state index in [9.17, 15) is 9.59 Å². The Morgan fingerprint density at radius 3 is 2.77 bits per heavy atom. The molecule has 0 saturated carbocycles. The van der Waals surface area contributed by atoms with Gasteiger partial charge in [-0.15, -0.1) is 0 Å². The molecule has 0 spiro atoms. The molecule has 3 amide bonds. The van der Waals surface area contributed by atoms with Gasteiger partial charge in [0.2, 0.25) is 0 Å². The van der Waals surface area contributed by atoms with Gasteiger partial charge in [-0.25, -0.2) is 14.6 Å². The zero-order valence-corrected chi connectivity index (χ0v) is 14.5. The number of rotatable bonds is 1. The monoisotopic (exact) mass is 370 g/mol. The van der Waals surface area contributed by atoms with Crippen molar-refractivity contribution in [1.29, 1.82) is 0 Å². The van der Waals surface area contributed by atoms with E-state index in [2.05, 4.69) is 26.2 Å². The molecular weight excluding hydrogens is 352 g/mol. The van der Waals surface area contributed by atoms with E-state index in [4.69, 9.17) is 4.74 Å². The predicted octanol–water partition coefficient (Wildman–Crippen LogP) is 2.74. The van der Waals surface area contributed by atoms with Crippen molar-refractivity contribution >= 4 is 39.6 Å². The first-order valence-electron chi connectivity index (χ1n) is 6.99. The fourth-order valence-corrected chi connectivity index (χ4v) is 2.63. The lowest BCUT2D eigenvalue weighted by molar-refractivity contribution is 0.122. The minimum Gasteiger partial charge on any atom is -0.446 e. The second-order valence-corrected chi connectivity index (χ2v) is 6.23. The molecular formula is C14H19BrN4O3. The first-order valence-corrected chi connectivity index (χ1v) is 7.79. The van der Waals surface area contributed by atoms with Crippen LogP contribution in [0.4, 0.5) is 21.1 Å². The van der Waals surface area contributed by atoms with Gasteiger partial charge in [-0.1, -0.05) is 0 Å². The molecule has 0 bridgehead atoms. The Morgan fingerprint density at radius 1 is 1.50 bits per heavy atom. The molecule has 2 rings (SSSR count). The van der Waals surface area contributed by atoms with Crippen molar-refractivity contribution in [3.8, 4) is 0 Å². The van der Waals surface area contributed by atoms with Crippen LogP contribution in [0, 0.1) is 0 Å². The molecule has 0 saturated heterocycles. The highest BCUT2D eigenvalue weighted by Gasteiger charge is 2.36. The Labute approximate surface area is 137 Å². The zero-order chi connectivity index (χ0) is 16.4. The summed E-state index contributed by atoms with van der Waals surface area (Å²) in [7, 11) is 1.56. The average molecular weight is 371 g/mol. The number of carbonyl (C=O) groups excluding carboxylic acids is 2. The lowest BCUT2D eigenvalue weighted by Crippen LogP contribution is -2.54. The topological polar surface area (TPSA) is 74.8 Å². The first-order chi connectivity index (χ1) is 10.3. The highest BCUT2D eigenvalue weighted by molar-refractivity contribution is 9.10. The number of nitrogens with one attached hydrogen (secondary N) is 1. The Bertz CT molecular complexity index is 593. The predicted molar refractivity (Wildman–Crippen MR) is 87.3 cm³/mol. The summed E-state index contributed by atoms with van der Waals surface area (Å²) in [5, 5.41) is 2.60. The van der Waals surface area contributed by atoms with Crippen molar-refractivity contribution in [1.82, 2.24) is 10.3 Å². The minimum atomic E-state index is -0.445. The van der Waals surface area contributed by atoms with Gasteiger partial charge in [-0.2, -0.15) is 0 Å². The number of fused-ring (bicyclic) bond motifs is 1. The summed E-state index contributed by atoms with van der Waals surface area (Å²) in [5.74, 6) is 0.432. The lowest BCUT2D eigenvalue weighted by atomic mass is 10.1. The number of carbonyl (C=O) groups is 2. The maximum atomic E-state index is 12.3. The van der Waals surface area contributed by atoms with E-state index in [-0.39, 0.29) is 18.2 Å². The third kappa shape index (κ3) is 3.16. The number of urea groups is 1. The molecule has 0 fully saturated rings. The van der Waals surface area contributed by atoms with Gasteiger partial charge in [0.1, 0.15) is 0 Å². The lowest BCUT2D eigenvalue weighted by Gasteiger charge is -2.39. The molecule has 0 radical (unpaired) electrons. The van der Waals surface area contributed by atoms with Crippen LogP contribution in [0.1, 0.15) is 20.8 Å². The van der Waals surface area contributed by atoms with Crippen molar-refractivity contribution in [2.75, 3.05) is 23.4 Å². The van der Waals surface area contributed by atoms with Crippen LogP contribution in [0.5, 0.6) is 0 Å². The van der Waals surface area contributed by atoms with Gasteiger partial charge in [0.05, 0.1) is 24.4 Å². The molecule has 1 aromatic heterocycles. The average Bonchev–Trinajstić information content (AvgIpc) is 2.45. The van der Waals surface area contributed by atoms with Gasteiger partial charge < -0.3 is 10.1 Å². The van der Waals surface area contributed by atoms with Crippen molar-refractivity contribution < 1.29 is 14.3 Å². The first kappa shape index (κ1) is 16.5. The van der Waals surface area contributed by atoms with E-state index in [0.29, 0.717) is 18.1 Å². The number of pyridine rings is 1. The molecule has 8 heteroatoms. The summed E-state index contributed by atoms with van der Waals surface area (Å²) in [6, 6.07) is 1.27. The summed E-state index contributed by atoms with van der Waals surface area (Å²) in [4.78, 5) is 31.8. The van der Waals surface area contributed by atoms with Crippen LogP contribution in [0.2, 0.25) is 0 Å². The van der Waals surface area contributed by atoms with Gasteiger partial charge in [0.15, 0.2) is 5.82 Å². The van der Waals surface area contributed by atoms with Crippen LogP contribution in [0.15, 0.2) is 16.7 Å². The van der Waals surface area contributed by atoms with E-state index in [1.165, 1.54) is 4.90 Å². The van der Waals surface area contributed by atoms with Crippen LogP contribution >= 0.6 is 15.9 Å². The zero-order valence-electron chi connectivity index (χ0n) is 13.0. The van der Waals surface area contributed by atoms with E-state index < -0.39 is 6.09 Å². The van der Waals surface area contributed by atoms with Gasteiger partial charge in [0.25, 0.3) is 0 Å². The molecule has 0 aliphatic carbocycles. The molecule has 1 N–H and O–H groups in total. The van der Waals surface area contributed by atoms with Crippen molar-refractivity contribution in [3.05, 3.63) is 16.7 Å². The second-order valence-electron chi connectivity index (χ2n) is 5.31. The van der Waals surface area contributed by atoms with Crippen LogP contribution in [0.25, 0.3) is 0 Å². The maximum Gasteiger partial charge on any atom is 0.414 e. The Balaban J connectivity index is 2.46. The number of amides is 3. The number of aromatic nitrogens is 1. The molecule has 0 aromatic carbocycles. The van der Waals surface area contributed by atoms with Crippen LogP contribution in [-0.4, -0.2) is 42.8 Å². The molecule has 22 heavy (non-hydrogen) atoms. The van der Waals surface area contributed by atoms with Gasteiger partial charge >= 0.3 is 12.1 Å². The molecule has 1 atom stereocenters. The smallest absolute Gasteiger partial charge is 0.414 e. The Kier molecular flexibility index (Phi) is 4.90. The standard InChI is InChI=1S/C14H19BrN4O3/c1-8(2)22-14(21)18-7-9(3)19(13(20)16-4)12-11(18)5-10(15)6-17-12/h5-6,8-9H,7H2,1-4H3,(H,16,20)/t9-/m0/s1. The molecule has 0 unspecified atom stereocenters. The molecule has 1 aliphatic heterocycles. The van der Waals surface area contributed by atoms with E-state index in [1.54, 1.807) is 38.1 Å². The fraction of sp³-hybridized carbons (Fsp3) is 0.500. The fourth-order valence-electron chi connectivity index (χ4n) is 2.31. The summed E-state index contributed by atoms with van der Waals surface area (Å²) < 4.78 is 6.00. The molecule has 120 valence electrons. The van der Waals surface area contributed by atoms with Gasteiger partial charge in [0, 0.05) is 17.7 Å². The number of hydrogen-bond donors (Lipinski definition) is 1. The quantitative estimate of drug-likeness (QED) is 0.824. The van der Waals surface area contributed by atoms with Crippen molar-refractivity contribution in [2.45, 2.75) is 32.9 Å². The Hall–Kier alpha value is -1.83. The SMILES string of the molecule is CNC(=O)N1c2ncc(Br)cc2N(C(=O)OC(C)C)C[C@@H]1C. The third-order valence-corrected chi connectivity index (χ3v) is 3.64. The Morgan fingerprint density at radius 2 is 2.18 bits per heavy atom. The van der Waals surface area contributed by atoms with Crippen LogP contribution < -0.4 is 15.1 Å². The molecule has 1 aromatic rings. The van der Waals surface area contributed by atoms with E-state index >= 15 is 0 Å². The van der Waals surface area contributed by atoms with Gasteiger partial charge in [-0.05, 0) is 42.8 Å². The minimum absolute atomic E-state index is 0.219. The summed E-state index contributed by atoms with van der Waals surface area (Å²) in [5.41, 5.74) is 0.543. The van der Waals surface area contributed by atoms with Crippen LogP contribution in [-0.2, 0) is 4.74 Å². The van der Waals surface area contributed by atoms with Crippen LogP contribution in [0.3, 0.4) is 0 Å². The number of halogens is 1. The largest absolute Gasteiger partial charge is 0.446 e. The third-order valence-electron chi connectivity index (χ3n) is 3.21. The highest BCUT2D eigenvalue weighted by Crippen LogP contribution is 2.36. The second kappa shape index (κ2) is 6.51. The summed E-state index contributed by atoms with van der Waals surface area (Å²) in [6.45, 7) is 5.78. The summed E-state index contributed by atoms with van der Waals surface area (Å²) in [6.07, 6.45) is 0.932. The molecule has 2 heterocycles. The highest BCUT2D eigenvalue weighted by atomic mass is 79.9. The number of anilines is 2. The van der Waals surface area contributed by atoms with E-state index in [0.717, 1.165) is 4.47 Å². The van der Waals surface area contributed by atoms with Gasteiger partial charge in [-0.3, -0.25) is 9.80 Å². The molecule has 7 nitrogen and oxygen atoms in total. The van der Waals surface area contributed by atoms with Crippen molar-refractivity contribution in [2.24, 2.45) is 0 Å². The number of ether oxygens (including phenoxy) is 1.